The van der Waals surface area contributed by atoms with E-state index in [2.05, 4.69) is 115 Å². The number of terminal acetylenes is 2. The van der Waals surface area contributed by atoms with Crippen LogP contribution in [0.15, 0.2) is 109 Å². The Balaban J connectivity index is 0.000000154. The number of rotatable bonds is 4. The third kappa shape index (κ3) is 5.49. The van der Waals surface area contributed by atoms with E-state index in [0.717, 1.165) is 23.8 Å². The van der Waals surface area contributed by atoms with Crippen molar-refractivity contribution in [2.75, 3.05) is 13.1 Å². The summed E-state index contributed by atoms with van der Waals surface area (Å²) in [7, 11) is 0. The van der Waals surface area contributed by atoms with Crippen LogP contribution < -0.4 is 23.5 Å². The monoisotopic (exact) mass is 589 g/mol. The maximum Gasteiger partial charge on any atom is 0.150 e. The Bertz CT molecular complexity index is 2280. The van der Waals surface area contributed by atoms with Crippen LogP contribution in [-0.2, 0) is 6.54 Å². The first-order chi connectivity index (χ1) is 21.2. The second-order valence-electron chi connectivity index (χ2n) is 10.4. The molecule has 4 heteroatoms. The van der Waals surface area contributed by atoms with Crippen LogP contribution in [0.2, 0.25) is 0 Å². The zero-order valence-corrected chi connectivity index (χ0v) is 24.9. The van der Waals surface area contributed by atoms with Crippen molar-refractivity contribution in [1.29, 1.82) is 0 Å². The normalized spacial score (nSPS) is 10.6. The third-order valence-electron chi connectivity index (χ3n) is 7.97. The van der Waals surface area contributed by atoms with Gasteiger partial charge in [0.2, 0.25) is 0 Å². The zero-order chi connectivity index (χ0) is 29.8. The summed E-state index contributed by atoms with van der Waals surface area (Å²) in [4.78, 5) is 11.2. The first-order valence-electron chi connectivity index (χ1n) is 14.2. The van der Waals surface area contributed by atoms with Crippen molar-refractivity contribution in [2.24, 2.45) is 5.73 Å². The van der Waals surface area contributed by atoms with Crippen LogP contribution in [0.1, 0.15) is 15.9 Å². The summed E-state index contributed by atoms with van der Waals surface area (Å²) in [5.41, 5.74) is 6.86. The highest BCUT2D eigenvalue weighted by Gasteiger charge is 2.11. The molecule has 0 atom stereocenters. The van der Waals surface area contributed by atoms with Gasteiger partial charge in [0.05, 0.1) is 13.1 Å². The molecular formula is C40H30ClN2O-. The lowest BCUT2D eigenvalue weighted by Crippen LogP contribution is -3.00. The molecule has 3 nitrogen and oxygen atoms in total. The van der Waals surface area contributed by atoms with Gasteiger partial charge in [0, 0.05) is 12.1 Å². The lowest BCUT2D eigenvalue weighted by Gasteiger charge is -2.13. The molecule has 8 rings (SSSR count). The Kier molecular flexibility index (Phi) is 9.25. The highest BCUT2D eigenvalue weighted by Crippen LogP contribution is 2.37. The van der Waals surface area contributed by atoms with Crippen LogP contribution in [0.5, 0.6) is 0 Å². The van der Waals surface area contributed by atoms with E-state index >= 15 is 0 Å². The second-order valence-corrected chi connectivity index (χ2v) is 10.4. The van der Waals surface area contributed by atoms with Gasteiger partial charge in [0.25, 0.3) is 0 Å². The zero-order valence-electron chi connectivity index (χ0n) is 24.1. The van der Waals surface area contributed by atoms with E-state index in [1.165, 1.54) is 64.8 Å². The van der Waals surface area contributed by atoms with Gasteiger partial charge in [-0.1, -0.05) is 121 Å². The quantitative estimate of drug-likeness (QED) is 0.127. The molecule has 0 fully saturated rings. The van der Waals surface area contributed by atoms with Gasteiger partial charge >= 0.3 is 0 Å². The fourth-order valence-corrected chi connectivity index (χ4v) is 6.08. The van der Waals surface area contributed by atoms with Crippen molar-refractivity contribution in [3.05, 3.63) is 120 Å². The molecule has 0 bridgehead atoms. The Morgan fingerprint density at radius 2 is 1.02 bits per heavy atom. The largest absolute Gasteiger partial charge is 1.00 e. The summed E-state index contributed by atoms with van der Waals surface area (Å²) in [6, 6.07) is 38.4. The van der Waals surface area contributed by atoms with Crippen molar-refractivity contribution < 1.29 is 17.2 Å². The highest BCUT2D eigenvalue weighted by atomic mass is 35.5. The van der Waals surface area contributed by atoms with Gasteiger partial charge < -0.3 is 23.5 Å². The summed E-state index contributed by atoms with van der Waals surface area (Å²) in [5.74, 6) is 4.83. The summed E-state index contributed by atoms with van der Waals surface area (Å²) < 4.78 is 0. The first-order valence-corrected chi connectivity index (χ1v) is 14.2. The van der Waals surface area contributed by atoms with Gasteiger partial charge in [-0.15, -0.1) is 12.8 Å². The number of carbonyl (C=O) groups is 1. The first kappa shape index (κ1) is 30.3. The van der Waals surface area contributed by atoms with E-state index in [1.807, 2.05) is 18.2 Å². The Morgan fingerprint density at radius 3 is 1.52 bits per heavy atom. The smallest absolute Gasteiger partial charge is 0.150 e. The number of aldehydes is 1. The van der Waals surface area contributed by atoms with Gasteiger partial charge in [0.15, 0.2) is 6.29 Å². The second kappa shape index (κ2) is 13.4. The van der Waals surface area contributed by atoms with E-state index in [1.54, 1.807) is 0 Å². The summed E-state index contributed by atoms with van der Waals surface area (Å²) >= 11 is 0. The number of halogens is 1. The Morgan fingerprint density at radius 1 is 0.591 bits per heavy atom. The topological polar surface area (TPSA) is 55.1 Å². The molecule has 0 amide bonds. The standard InChI is InChI=1S/C20H15N.C17H10O.C3H5N.ClH/c1-2-12-21-13-17-9-8-16-7-6-14-4-3-5-15-10-11-18(17)20(16)19(14)15;18-10-14-7-6-13-5-4-11-2-1-3-12-8-9-15(14)17(13)16(11)12;1-2-3-4;/h1,3-11,21H,12-13H2;1-10H;1H,3-4H2;1H/p-1. The lowest BCUT2D eigenvalue weighted by molar-refractivity contribution is -0.0000146. The molecular weight excluding hydrogens is 560 g/mol. The number of hydrogen-bond acceptors (Lipinski definition) is 3. The van der Waals surface area contributed by atoms with Crippen LogP contribution >= 0.6 is 0 Å². The molecule has 8 aromatic carbocycles. The van der Waals surface area contributed by atoms with Gasteiger partial charge in [0.1, 0.15) is 0 Å². The number of carbonyl (C=O) groups excluding carboxylic acids is 1. The molecule has 0 aliphatic rings. The van der Waals surface area contributed by atoms with Crippen molar-refractivity contribution in [2.45, 2.75) is 6.54 Å². The number of hydrogen-bond donors (Lipinski definition) is 2. The molecule has 0 aliphatic carbocycles. The van der Waals surface area contributed by atoms with E-state index in [9.17, 15) is 4.79 Å². The van der Waals surface area contributed by atoms with E-state index in [0.29, 0.717) is 13.1 Å². The third-order valence-corrected chi connectivity index (χ3v) is 7.97. The lowest BCUT2D eigenvalue weighted by atomic mass is 9.92. The average molecular weight is 590 g/mol. The minimum absolute atomic E-state index is 0. The van der Waals surface area contributed by atoms with Gasteiger partial charge in [-0.25, -0.2) is 0 Å². The van der Waals surface area contributed by atoms with Crippen molar-refractivity contribution in [1.82, 2.24) is 5.32 Å². The molecule has 0 saturated carbocycles. The SMILES string of the molecule is C#CCN.C#CCNCc1ccc2ccc3cccc4ccc1c2c34.O=Cc1ccc2ccc3cccc4ccc1c2c34.[Cl-]. The Hall–Kier alpha value is -5.16. The van der Waals surface area contributed by atoms with Crippen molar-refractivity contribution in [3.8, 4) is 24.7 Å². The Labute approximate surface area is 263 Å². The van der Waals surface area contributed by atoms with Gasteiger partial charge in [-0.05, 0) is 70.2 Å². The predicted octanol–water partition coefficient (Wildman–Crippen LogP) is 5.29. The highest BCUT2D eigenvalue weighted by molar-refractivity contribution is 6.25. The fourth-order valence-electron chi connectivity index (χ4n) is 6.08. The molecule has 0 radical (unpaired) electrons. The molecule has 0 aliphatic heterocycles. The van der Waals surface area contributed by atoms with Crippen LogP contribution in [0.3, 0.4) is 0 Å². The van der Waals surface area contributed by atoms with E-state index in [4.69, 9.17) is 12.2 Å². The number of nitrogens with two attached hydrogens (primary N) is 1. The summed E-state index contributed by atoms with van der Waals surface area (Å²) in [6.07, 6.45) is 10.9. The van der Waals surface area contributed by atoms with Gasteiger partial charge in [-0.3, -0.25) is 4.79 Å². The van der Waals surface area contributed by atoms with Crippen molar-refractivity contribution in [3.63, 3.8) is 0 Å². The van der Waals surface area contributed by atoms with Crippen LogP contribution in [-0.4, -0.2) is 19.4 Å². The molecule has 0 saturated heterocycles. The number of nitrogens with one attached hydrogen (secondary N) is 1. The van der Waals surface area contributed by atoms with Crippen LogP contribution in [0.25, 0.3) is 64.6 Å². The fraction of sp³-hybridized carbons (Fsp3) is 0.0750. The molecule has 0 spiro atoms. The average Bonchev–Trinajstić information content (AvgIpc) is 3.07. The van der Waals surface area contributed by atoms with E-state index < -0.39 is 0 Å². The molecule has 0 heterocycles. The number of benzene rings is 8. The molecule has 0 unspecified atom stereocenters. The molecule has 8 aromatic rings. The van der Waals surface area contributed by atoms with Crippen LogP contribution in [0.4, 0.5) is 0 Å². The van der Waals surface area contributed by atoms with Gasteiger partial charge in [-0.2, -0.15) is 0 Å². The summed E-state index contributed by atoms with van der Waals surface area (Å²) in [5, 5.41) is 18.4. The minimum atomic E-state index is 0. The maximum atomic E-state index is 11.2. The summed E-state index contributed by atoms with van der Waals surface area (Å²) in [6.45, 7) is 1.75. The molecule has 3 N–H and O–H groups in total. The molecule has 0 aromatic heterocycles. The molecule has 214 valence electrons. The minimum Gasteiger partial charge on any atom is -1.00 e. The van der Waals surface area contributed by atoms with Crippen molar-refractivity contribution >= 4 is 70.9 Å². The predicted molar refractivity (Wildman–Crippen MR) is 184 cm³/mol. The van der Waals surface area contributed by atoms with Crippen LogP contribution in [0, 0.1) is 24.7 Å². The molecule has 44 heavy (non-hydrogen) atoms. The maximum absolute atomic E-state index is 11.2. The van der Waals surface area contributed by atoms with E-state index in [-0.39, 0.29) is 12.4 Å².